The minimum atomic E-state index is -1.18. The lowest BCUT2D eigenvalue weighted by Crippen LogP contribution is -2.38. The molecule has 1 N–H and O–H groups in total. The molecule has 10 nitrogen and oxygen atoms in total. The van der Waals surface area contributed by atoms with E-state index in [1.165, 1.54) is 44.0 Å². The maximum Gasteiger partial charge on any atom is 0.411 e. The van der Waals surface area contributed by atoms with E-state index in [9.17, 15) is 9.90 Å². The van der Waals surface area contributed by atoms with Crippen molar-refractivity contribution in [3.05, 3.63) is 59.8 Å². The summed E-state index contributed by atoms with van der Waals surface area (Å²) >= 11 is 1.41. The number of fused-ring (bicyclic) bond motifs is 4. The molecular weight excluding hydrogens is 525 g/mol. The molecule has 0 saturated carbocycles. The molecule has 0 fully saturated rings. The van der Waals surface area contributed by atoms with Crippen LogP contribution >= 0.6 is 11.3 Å². The number of benzene rings is 2. The quantitative estimate of drug-likeness (QED) is 0.304. The largest absolute Gasteiger partial charge is 0.495 e. The van der Waals surface area contributed by atoms with Gasteiger partial charge in [0.05, 0.1) is 66.3 Å². The number of hydrogen-bond donors (Lipinski definition) is 1. The number of pyridine rings is 1. The zero-order chi connectivity index (χ0) is 27.3. The van der Waals surface area contributed by atoms with Gasteiger partial charge in [0.25, 0.3) is 0 Å². The third-order valence-electron chi connectivity index (χ3n) is 6.47. The molecule has 0 aliphatic carbocycles. The number of hydrogen-bond acceptors (Lipinski definition) is 9. The number of amides is 1. The van der Waals surface area contributed by atoms with Crippen molar-refractivity contribution < 1.29 is 28.5 Å². The van der Waals surface area contributed by atoms with Crippen molar-refractivity contribution in [2.45, 2.75) is 19.4 Å². The van der Waals surface area contributed by atoms with E-state index < -0.39 is 18.0 Å². The number of carbonyl (C=O) groups is 1. The average molecular weight is 548 g/mol. The van der Waals surface area contributed by atoms with E-state index in [1.807, 2.05) is 19.1 Å². The summed E-state index contributed by atoms with van der Waals surface area (Å²) in [6, 6.07) is 6.82. The number of thiazole rings is 1. The zero-order valence-electron chi connectivity index (χ0n) is 21.1. The first-order chi connectivity index (χ1) is 18.8. The molecule has 1 amide bonds. The molecule has 12 heteroatoms. The predicted octanol–water partition coefficient (Wildman–Crippen LogP) is 5.25. The highest BCUT2D eigenvalue weighted by Gasteiger charge is 2.33. The minimum Gasteiger partial charge on any atom is -0.495 e. The van der Waals surface area contributed by atoms with Gasteiger partial charge >= 0.3 is 6.09 Å². The van der Waals surface area contributed by atoms with Crippen LogP contribution in [0, 0.1) is 12.7 Å². The van der Waals surface area contributed by atoms with Crippen LogP contribution in [0.25, 0.3) is 31.8 Å². The van der Waals surface area contributed by atoms with Gasteiger partial charge in [-0.2, -0.15) is 0 Å². The van der Waals surface area contributed by atoms with E-state index in [0.29, 0.717) is 50.9 Å². The van der Waals surface area contributed by atoms with Crippen molar-refractivity contribution in [1.82, 2.24) is 19.9 Å². The Morgan fingerprint density at radius 1 is 1.15 bits per heavy atom. The first-order valence-electron chi connectivity index (χ1n) is 11.9. The SMILES string of the molecule is COc1cncc(N(C[C@H]2Cc3c(c(F)cc4nc(-c5cc(C)cc6nc(OC)cnc56)sc34)O2)C(=O)O)c1. The fourth-order valence-electron chi connectivity index (χ4n) is 4.72. The molecular formula is C27H22FN5O5S. The van der Waals surface area contributed by atoms with Crippen molar-refractivity contribution >= 4 is 44.4 Å². The summed E-state index contributed by atoms with van der Waals surface area (Å²) in [5.74, 6) is 0.411. The molecule has 1 aliphatic rings. The van der Waals surface area contributed by atoms with Gasteiger partial charge in [-0.1, -0.05) is 0 Å². The van der Waals surface area contributed by atoms with Crippen LogP contribution < -0.4 is 19.1 Å². The van der Waals surface area contributed by atoms with E-state index in [4.69, 9.17) is 19.2 Å². The van der Waals surface area contributed by atoms with Crippen LogP contribution in [-0.2, 0) is 6.42 Å². The van der Waals surface area contributed by atoms with Gasteiger partial charge in [-0.3, -0.25) is 9.88 Å². The maximum absolute atomic E-state index is 15.2. The van der Waals surface area contributed by atoms with Gasteiger partial charge in [-0.05, 0) is 24.6 Å². The first kappa shape index (κ1) is 24.7. The van der Waals surface area contributed by atoms with Crippen LogP contribution in [0.5, 0.6) is 17.4 Å². The first-order valence-corrected chi connectivity index (χ1v) is 12.8. The number of carboxylic acid groups (broad SMARTS) is 1. The smallest absolute Gasteiger partial charge is 0.411 e. The number of aromatic nitrogens is 4. The molecule has 0 radical (unpaired) electrons. The van der Waals surface area contributed by atoms with Crippen LogP contribution in [-0.4, -0.2) is 58.0 Å². The molecule has 3 aromatic heterocycles. The van der Waals surface area contributed by atoms with Crippen LogP contribution in [0.2, 0.25) is 0 Å². The summed E-state index contributed by atoms with van der Waals surface area (Å²) in [5, 5.41) is 10.5. The molecule has 198 valence electrons. The fraction of sp³-hybridized carbons (Fsp3) is 0.222. The molecule has 4 heterocycles. The van der Waals surface area contributed by atoms with Crippen LogP contribution in [0.3, 0.4) is 0 Å². The molecule has 5 aromatic rings. The normalized spacial score (nSPS) is 14.3. The standard InChI is InChI=1S/C27H22FN5O5S/c1-13-4-17(23-20(5-13)31-22(37-3)11-30-23)26-32-21-8-19(28)24-18(25(21)39-26)7-16(38-24)12-33(27(34)35)14-6-15(36-2)10-29-9-14/h4-6,8-11,16H,7,12H2,1-3H3,(H,34,35)/t16-/m1/s1. The van der Waals surface area contributed by atoms with Gasteiger partial charge in [0.15, 0.2) is 11.6 Å². The highest BCUT2D eigenvalue weighted by molar-refractivity contribution is 7.22. The number of ether oxygens (including phenoxy) is 3. The minimum absolute atomic E-state index is 0.0224. The fourth-order valence-corrected chi connectivity index (χ4v) is 5.83. The lowest BCUT2D eigenvalue weighted by Gasteiger charge is -2.22. The number of methoxy groups -OCH3 is 2. The summed E-state index contributed by atoms with van der Waals surface area (Å²) in [7, 11) is 3.01. The summed E-state index contributed by atoms with van der Waals surface area (Å²) in [4.78, 5) is 31.0. The number of rotatable bonds is 6. The van der Waals surface area contributed by atoms with Crippen LogP contribution in [0.1, 0.15) is 11.1 Å². The van der Waals surface area contributed by atoms with Gasteiger partial charge in [-0.25, -0.2) is 24.1 Å². The summed E-state index contributed by atoms with van der Waals surface area (Å²) < 4.78 is 32.3. The van der Waals surface area contributed by atoms with Gasteiger partial charge in [0, 0.05) is 29.7 Å². The molecule has 2 aromatic carbocycles. The number of nitrogens with zero attached hydrogens (tertiary/aromatic N) is 5. The average Bonchev–Trinajstić information content (AvgIpc) is 3.55. The van der Waals surface area contributed by atoms with Crippen molar-refractivity contribution in [3.63, 3.8) is 0 Å². The van der Waals surface area contributed by atoms with E-state index in [1.54, 1.807) is 12.3 Å². The summed E-state index contributed by atoms with van der Waals surface area (Å²) in [6.07, 6.45) is 3.00. The highest BCUT2D eigenvalue weighted by atomic mass is 32.1. The topological polar surface area (TPSA) is 120 Å². The molecule has 0 unspecified atom stereocenters. The van der Waals surface area contributed by atoms with Crippen molar-refractivity contribution in [1.29, 1.82) is 0 Å². The molecule has 0 spiro atoms. The van der Waals surface area contributed by atoms with E-state index in [-0.39, 0.29) is 12.3 Å². The van der Waals surface area contributed by atoms with E-state index >= 15 is 4.39 Å². The van der Waals surface area contributed by atoms with Crippen LogP contribution in [0.4, 0.5) is 14.9 Å². The molecule has 1 atom stereocenters. The monoisotopic (exact) mass is 547 g/mol. The second kappa shape index (κ2) is 9.62. The Morgan fingerprint density at radius 3 is 2.77 bits per heavy atom. The second-order valence-electron chi connectivity index (χ2n) is 9.05. The Morgan fingerprint density at radius 2 is 2.00 bits per heavy atom. The van der Waals surface area contributed by atoms with E-state index in [2.05, 4.69) is 15.0 Å². The number of aryl methyl sites for hydroxylation is 1. The van der Waals surface area contributed by atoms with Gasteiger partial charge in [0.1, 0.15) is 16.9 Å². The van der Waals surface area contributed by atoms with Crippen molar-refractivity contribution in [2.75, 3.05) is 25.7 Å². The predicted molar refractivity (Wildman–Crippen MR) is 144 cm³/mol. The lowest BCUT2D eigenvalue weighted by atomic mass is 10.1. The summed E-state index contributed by atoms with van der Waals surface area (Å²) in [5.41, 5.74) is 4.58. The van der Waals surface area contributed by atoms with Gasteiger partial charge in [-0.15, -0.1) is 11.3 Å². The molecule has 6 rings (SSSR count). The lowest BCUT2D eigenvalue weighted by molar-refractivity contribution is 0.190. The van der Waals surface area contributed by atoms with Gasteiger partial charge < -0.3 is 19.3 Å². The van der Waals surface area contributed by atoms with E-state index in [0.717, 1.165) is 20.7 Å². The molecule has 1 aliphatic heterocycles. The zero-order valence-corrected chi connectivity index (χ0v) is 22.0. The third-order valence-corrected chi connectivity index (χ3v) is 7.63. The Kier molecular flexibility index (Phi) is 6.10. The molecule has 39 heavy (non-hydrogen) atoms. The highest BCUT2D eigenvalue weighted by Crippen LogP contribution is 2.43. The maximum atomic E-state index is 15.2. The van der Waals surface area contributed by atoms with Crippen molar-refractivity contribution in [2.24, 2.45) is 0 Å². The van der Waals surface area contributed by atoms with Crippen LogP contribution in [0.15, 0.2) is 42.9 Å². The molecule has 0 saturated heterocycles. The third kappa shape index (κ3) is 4.42. The second-order valence-corrected chi connectivity index (χ2v) is 10.0. The Balaban J connectivity index is 1.36. The Hall–Kier alpha value is -4.58. The van der Waals surface area contributed by atoms with Gasteiger partial charge in [0.2, 0.25) is 5.88 Å². The Labute approximate surface area is 225 Å². The number of anilines is 1. The number of halogens is 1. The molecule has 0 bridgehead atoms. The van der Waals surface area contributed by atoms with Crippen molar-refractivity contribution in [3.8, 4) is 28.0 Å². The summed E-state index contributed by atoms with van der Waals surface area (Å²) in [6.45, 7) is 1.94. The Bertz CT molecular complexity index is 1760.